The Kier molecular flexibility index (Phi) is 12.9. The predicted molar refractivity (Wildman–Crippen MR) is 40.4 cm³/mol. The van der Waals surface area contributed by atoms with Crippen LogP contribution in [0.15, 0.2) is 0 Å². The van der Waals surface area contributed by atoms with Gasteiger partial charge in [-0.25, -0.2) is 0 Å². The molecular weight excluding hydrogens is 140 g/mol. The summed E-state index contributed by atoms with van der Waals surface area (Å²) in [5.41, 5.74) is 0. The Hall–Kier alpha value is 0.686. The van der Waals surface area contributed by atoms with Crippen molar-refractivity contribution in [3.05, 3.63) is 6.92 Å². The van der Waals surface area contributed by atoms with Crippen LogP contribution in [-0.2, 0) is 4.74 Å². The third kappa shape index (κ3) is 6.80. The minimum absolute atomic E-state index is 0. The molecule has 2 nitrogen and oxygen atoms in total. The maximum Gasteiger partial charge on any atom is 2.00 e. The molecule has 1 heterocycles. The number of rotatable bonds is 0. The van der Waals surface area contributed by atoms with Gasteiger partial charge >= 0.3 is 23.1 Å². The van der Waals surface area contributed by atoms with Crippen molar-refractivity contribution in [1.82, 2.24) is 0 Å². The quantitative estimate of drug-likeness (QED) is 0.372. The van der Waals surface area contributed by atoms with Crippen molar-refractivity contribution < 1.29 is 9.84 Å². The summed E-state index contributed by atoms with van der Waals surface area (Å²) in [6.45, 7) is 5.67. The van der Waals surface area contributed by atoms with Crippen molar-refractivity contribution >= 4 is 23.1 Å². The average molecular weight is 154 g/mol. The van der Waals surface area contributed by atoms with Gasteiger partial charge in [0.15, 0.2) is 0 Å². The molecule has 0 radical (unpaired) electrons. The van der Waals surface area contributed by atoms with Crippen molar-refractivity contribution in [2.45, 2.75) is 32.5 Å². The largest absolute Gasteiger partial charge is 2.00 e. The summed E-state index contributed by atoms with van der Waals surface area (Å²) in [6, 6.07) is 0. The molecule has 0 aromatic heterocycles. The molecule has 1 atom stereocenters. The fraction of sp³-hybridized carbons (Fsp3) is 0.857. The van der Waals surface area contributed by atoms with Gasteiger partial charge in [0, 0.05) is 6.61 Å². The first-order chi connectivity index (χ1) is 4.39. The van der Waals surface area contributed by atoms with E-state index in [1.54, 1.807) is 6.92 Å². The monoisotopic (exact) mass is 154 g/mol. The van der Waals surface area contributed by atoms with Crippen LogP contribution in [0.1, 0.15) is 26.2 Å². The zero-order valence-electron chi connectivity index (χ0n) is 6.64. The molecule has 1 aliphatic rings. The second-order valence-corrected chi connectivity index (χ2v) is 1.80. The Labute approximate surface area is 79.1 Å². The molecule has 0 N–H and O–H groups in total. The third-order valence-electron chi connectivity index (χ3n) is 1.14. The van der Waals surface area contributed by atoms with Gasteiger partial charge in [0.2, 0.25) is 0 Å². The average Bonchev–Trinajstić information content (AvgIpc) is 1.94. The van der Waals surface area contributed by atoms with Gasteiger partial charge in [0.1, 0.15) is 0 Å². The van der Waals surface area contributed by atoms with Gasteiger partial charge in [-0.3, -0.25) is 0 Å². The van der Waals surface area contributed by atoms with Crippen LogP contribution in [0.3, 0.4) is 0 Å². The van der Waals surface area contributed by atoms with Gasteiger partial charge in [-0.2, -0.15) is 6.92 Å². The summed E-state index contributed by atoms with van der Waals surface area (Å²) in [5.74, 6) is 0. The van der Waals surface area contributed by atoms with Gasteiger partial charge in [-0.15, -0.1) is 0 Å². The van der Waals surface area contributed by atoms with Gasteiger partial charge in [0.25, 0.3) is 0 Å². The smallest absolute Gasteiger partial charge is 0.831 e. The van der Waals surface area contributed by atoms with Gasteiger partial charge in [0.05, 0.1) is 0 Å². The molecule has 10 heavy (non-hydrogen) atoms. The Balaban J connectivity index is 0. The van der Waals surface area contributed by atoms with Crippen LogP contribution in [0.5, 0.6) is 0 Å². The molecule has 1 rings (SSSR count). The van der Waals surface area contributed by atoms with Crippen molar-refractivity contribution in [3.63, 3.8) is 0 Å². The minimum atomic E-state index is -0.714. The van der Waals surface area contributed by atoms with Gasteiger partial charge in [-0.1, -0.05) is 0 Å². The van der Waals surface area contributed by atoms with Crippen molar-refractivity contribution in [3.8, 4) is 0 Å². The van der Waals surface area contributed by atoms with E-state index in [4.69, 9.17) is 4.74 Å². The summed E-state index contributed by atoms with van der Waals surface area (Å²) in [4.78, 5) is 0. The molecule has 1 aliphatic heterocycles. The maximum absolute atomic E-state index is 10.3. The molecule has 1 unspecified atom stereocenters. The molecule has 3 heteroatoms. The Morgan fingerprint density at radius 2 is 2.00 bits per heavy atom. The fourth-order valence-electron chi connectivity index (χ4n) is 0.711. The van der Waals surface area contributed by atoms with Crippen LogP contribution in [-0.4, -0.2) is 35.9 Å². The fourth-order valence-corrected chi connectivity index (χ4v) is 0.711. The third-order valence-corrected chi connectivity index (χ3v) is 1.14. The Morgan fingerprint density at radius 1 is 1.40 bits per heavy atom. The van der Waals surface area contributed by atoms with E-state index in [1.807, 2.05) is 0 Å². The van der Waals surface area contributed by atoms with Gasteiger partial charge in [-0.05, 0) is 25.6 Å². The molecule has 0 aromatic carbocycles. The van der Waals surface area contributed by atoms with Crippen LogP contribution in [0, 0.1) is 6.92 Å². The molecule has 0 saturated carbocycles. The van der Waals surface area contributed by atoms with E-state index in [-0.39, 0.29) is 23.1 Å². The molecule has 0 bridgehead atoms. The van der Waals surface area contributed by atoms with E-state index in [1.165, 1.54) is 0 Å². The minimum Gasteiger partial charge on any atom is -0.831 e. The molecule has 0 amide bonds. The summed E-state index contributed by atoms with van der Waals surface area (Å²) in [5, 5.41) is 10.3. The molecule has 1 fully saturated rings. The van der Waals surface area contributed by atoms with Crippen molar-refractivity contribution in [1.29, 1.82) is 0 Å². The van der Waals surface area contributed by atoms with Gasteiger partial charge < -0.3 is 16.8 Å². The first-order valence-electron chi connectivity index (χ1n) is 3.38. The summed E-state index contributed by atoms with van der Waals surface area (Å²) >= 11 is 0. The molecule has 56 valence electrons. The maximum atomic E-state index is 10.3. The molecule has 0 aliphatic carbocycles. The number of ether oxygens (including phenoxy) is 1. The standard InChI is InChI=1S/C5H9O2.C2H5.Mg/c6-5-3-1-2-4-7-5;1-2;/h5H,1-4H2;1H2,2H3;/q2*-1;+2. The van der Waals surface area contributed by atoms with Crippen molar-refractivity contribution in [2.75, 3.05) is 6.61 Å². The molecular formula is C7H14MgO2. The van der Waals surface area contributed by atoms with Crippen LogP contribution >= 0.6 is 0 Å². The molecule has 0 spiro atoms. The summed E-state index contributed by atoms with van der Waals surface area (Å²) in [6.07, 6.45) is 2.11. The summed E-state index contributed by atoms with van der Waals surface area (Å²) < 4.78 is 4.72. The van der Waals surface area contributed by atoms with Crippen molar-refractivity contribution in [2.24, 2.45) is 0 Å². The summed E-state index contributed by atoms with van der Waals surface area (Å²) in [7, 11) is 0. The second kappa shape index (κ2) is 9.69. The Bertz CT molecular complexity index is 53.6. The zero-order chi connectivity index (χ0) is 7.11. The van der Waals surface area contributed by atoms with E-state index in [0.717, 1.165) is 12.8 Å². The molecule has 1 saturated heterocycles. The topological polar surface area (TPSA) is 32.3 Å². The molecule has 0 aromatic rings. The van der Waals surface area contributed by atoms with Crippen LogP contribution in [0.25, 0.3) is 0 Å². The van der Waals surface area contributed by atoms with Crippen LogP contribution in [0.4, 0.5) is 0 Å². The van der Waals surface area contributed by atoms with E-state index >= 15 is 0 Å². The normalized spacial score (nSPS) is 23.7. The van der Waals surface area contributed by atoms with E-state index < -0.39 is 6.29 Å². The van der Waals surface area contributed by atoms with Crippen LogP contribution in [0.2, 0.25) is 0 Å². The zero-order valence-corrected chi connectivity index (χ0v) is 8.05. The number of hydrogen-bond donors (Lipinski definition) is 0. The second-order valence-electron chi connectivity index (χ2n) is 1.80. The first-order valence-corrected chi connectivity index (χ1v) is 3.38. The predicted octanol–water partition coefficient (Wildman–Crippen LogP) is 0.333. The van der Waals surface area contributed by atoms with E-state index in [0.29, 0.717) is 13.0 Å². The van der Waals surface area contributed by atoms with E-state index in [2.05, 4.69) is 6.92 Å². The van der Waals surface area contributed by atoms with E-state index in [9.17, 15) is 5.11 Å². The number of hydrogen-bond acceptors (Lipinski definition) is 2. The SMILES string of the molecule is [CH2-]C.[Mg+2].[O-]C1CCCCO1. The Morgan fingerprint density at radius 3 is 2.20 bits per heavy atom. The van der Waals surface area contributed by atoms with Crippen LogP contribution < -0.4 is 5.11 Å². The first kappa shape index (κ1) is 13.3.